The van der Waals surface area contributed by atoms with Gasteiger partial charge in [-0.2, -0.15) is 0 Å². The fourth-order valence-corrected chi connectivity index (χ4v) is 4.15. The molecular formula is C23H28Cl3NO14. The van der Waals surface area contributed by atoms with Gasteiger partial charge < -0.3 is 43.6 Å². The highest BCUT2D eigenvalue weighted by molar-refractivity contribution is 6.76. The van der Waals surface area contributed by atoms with E-state index < -0.39 is 101 Å². The number of rotatable bonds is 10. The monoisotopic (exact) mass is 647 g/mol. The molecule has 0 aliphatic carbocycles. The Morgan fingerprint density at radius 3 is 2.00 bits per heavy atom. The first-order valence-corrected chi connectivity index (χ1v) is 12.9. The van der Waals surface area contributed by atoms with E-state index in [4.69, 9.17) is 68.0 Å². The lowest BCUT2D eigenvalue weighted by Crippen LogP contribution is -2.68. The largest absolute Gasteiger partial charge is 0.463 e. The van der Waals surface area contributed by atoms with Crippen molar-refractivity contribution in [2.24, 2.45) is 0 Å². The summed E-state index contributed by atoms with van der Waals surface area (Å²) in [6.07, 6.45) is -11.4. The van der Waals surface area contributed by atoms with E-state index in [1.54, 1.807) is 0 Å². The van der Waals surface area contributed by atoms with Gasteiger partial charge in [-0.15, -0.1) is 6.58 Å². The minimum absolute atomic E-state index is 0.554. The van der Waals surface area contributed by atoms with Crippen molar-refractivity contribution in [1.29, 1.82) is 0 Å². The van der Waals surface area contributed by atoms with Crippen molar-refractivity contribution < 1.29 is 67.0 Å². The van der Waals surface area contributed by atoms with Crippen LogP contribution in [0.4, 0.5) is 0 Å². The van der Waals surface area contributed by atoms with Gasteiger partial charge in [0.25, 0.3) is 9.70 Å². The van der Waals surface area contributed by atoms with E-state index in [0.717, 1.165) is 33.8 Å². The summed E-state index contributed by atoms with van der Waals surface area (Å²) in [6, 6.07) is -1.60. The Kier molecular flexibility index (Phi) is 12.2. The number of aliphatic hydroxyl groups is 1. The molecule has 15 nitrogen and oxygen atoms in total. The first-order chi connectivity index (χ1) is 19.0. The van der Waals surface area contributed by atoms with Crippen LogP contribution in [0.15, 0.2) is 12.7 Å². The molecule has 0 unspecified atom stereocenters. The number of esters is 5. The number of hydrogen-bond acceptors (Lipinski definition) is 14. The van der Waals surface area contributed by atoms with Crippen LogP contribution in [0, 0.1) is 0 Å². The number of cyclic esters (lactones) is 1. The molecule has 0 aromatic carbocycles. The SMILES string of the molecule is C=C[C@H](O[C@@H]1O[C@H](COC(C)=O)[C@@H](OC(C)=O)[C@H](OC(C)=O)[C@H]1NC(=O)C(Cl)(Cl)Cl)[C@H]1OC(=O)[C@@H](O)[C@@H]1OC(C)=O. The molecular weight excluding hydrogens is 621 g/mol. The van der Waals surface area contributed by atoms with Gasteiger partial charge in [0.05, 0.1) is 0 Å². The lowest BCUT2D eigenvalue weighted by atomic mass is 9.95. The number of ether oxygens (including phenoxy) is 7. The number of aliphatic hydroxyl groups excluding tert-OH is 1. The first kappa shape index (κ1) is 34.5. The van der Waals surface area contributed by atoms with E-state index in [-0.39, 0.29) is 0 Å². The maximum absolute atomic E-state index is 12.7. The third-order valence-electron chi connectivity index (χ3n) is 5.53. The van der Waals surface area contributed by atoms with Gasteiger partial charge in [0.15, 0.2) is 36.8 Å². The number of alkyl halides is 3. The van der Waals surface area contributed by atoms with Gasteiger partial charge in [-0.25, -0.2) is 4.79 Å². The molecule has 2 heterocycles. The number of halogens is 3. The molecule has 2 saturated heterocycles. The fourth-order valence-electron chi connectivity index (χ4n) is 3.99. The van der Waals surface area contributed by atoms with Crippen LogP contribution in [0.2, 0.25) is 0 Å². The van der Waals surface area contributed by atoms with Gasteiger partial charge in [-0.05, 0) is 0 Å². The molecule has 0 radical (unpaired) electrons. The van der Waals surface area contributed by atoms with Gasteiger partial charge in [-0.3, -0.25) is 24.0 Å². The topological polar surface area (TPSA) is 199 Å². The summed E-state index contributed by atoms with van der Waals surface area (Å²) in [4.78, 5) is 71.9. The van der Waals surface area contributed by atoms with Crippen molar-refractivity contribution in [2.45, 2.75) is 86.5 Å². The number of amides is 1. The van der Waals surface area contributed by atoms with Crippen LogP contribution in [0.5, 0.6) is 0 Å². The Labute approximate surface area is 248 Å². The first-order valence-electron chi connectivity index (χ1n) is 11.8. The molecule has 2 fully saturated rings. The van der Waals surface area contributed by atoms with Crippen LogP contribution in [0.1, 0.15) is 27.7 Å². The average molecular weight is 649 g/mol. The molecule has 1 amide bonds. The van der Waals surface area contributed by atoms with Crippen molar-refractivity contribution in [2.75, 3.05) is 6.61 Å². The molecule has 2 N–H and O–H groups in total. The number of carbonyl (C=O) groups excluding carboxylic acids is 6. The predicted molar refractivity (Wildman–Crippen MR) is 135 cm³/mol. The number of nitrogens with one attached hydrogen (secondary N) is 1. The zero-order valence-corrected chi connectivity index (χ0v) is 24.3. The Morgan fingerprint density at radius 1 is 0.976 bits per heavy atom. The Hall–Kier alpha value is -2.69. The summed E-state index contributed by atoms with van der Waals surface area (Å²) in [7, 11) is 0. The van der Waals surface area contributed by atoms with Gasteiger partial charge in [0.1, 0.15) is 24.9 Å². The molecule has 0 spiro atoms. The standard InChI is InChI=1S/C23H28Cl3NO14/c1-6-12(16-19(38-11(5)31)15(32)20(33)41-16)39-21-14(27-22(34)23(24,25)26)18(37-10(4)30)17(36-9(3)29)13(40-21)7-35-8(2)28/h6,12-19,21,32H,1,7H2,2-5H3,(H,27,34)/t12-,13+,14+,15-,16+,17+,18+,19-,21+/m0/s1. The second kappa shape index (κ2) is 14.5. The Morgan fingerprint density at radius 2 is 1.51 bits per heavy atom. The fraction of sp³-hybridized carbons (Fsp3) is 0.652. The average Bonchev–Trinajstić information content (AvgIpc) is 3.11. The minimum atomic E-state index is -2.54. The molecule has 41 heavy (non-hydrogen) atoms. The molecule has 2 aliphatic heterocycles. The quantitative estimate of drug-likeness (QED) is 0.136. The van der Waals surface area contributed by atoms with E-state index in [1.165, 1.54) is 0 Å². The molecule has 0 aromatic rings. The molecule has 18 heteroatoms. The van der Waals surface area contributed by atoms with Crippen LogP contribution < -0.4 is 5.32 Å². The smallest absolute Gasteiger partial charge is 0.339 e. The molecule has 2 aliphatic rings. The van der Waals surface area contributed by atoms with E-state index in [0.29, 0.717) is 0 Å². The third-order valence-corrected chi connectivity index (χ3v) is 6.05. The van der Waals surface area contributed by atoms with Crippen LogP contribution in [-0.4, -0.2) is 106 Å². The van der Waals surface area contributed by atoms with E-state index in [1.807, 2.05) is 0 Å². The second-order valence-electron chi connectivity index (χ2n) is 8.75. The highest BCUT2D eigenvalue weighted by Gasteiger charge is 2.55. The van der Waals surface area contributed by atoms with Gasteiger partial charge >= 0.3 is 29.8 Å². The van der Waals surface area contributed by atoms with Gasteiger partial charge in [0.2, 0.25) is 0 Å². The normalized spacial score (nSPS) is 30.3. The van der Waals surface area contributed by atoms with Crippen molar-refractivity contribution in [3.8, 4) is 0 Å². The summed E-state index contributed by atoms with van der Waals surface area (Å²) < 4.78 is 35.1. The lowest BCUT2D eigenvalue weighted by Gasteiger charge is -2.46. The summed E-state index contributed by atoms with van der Waals surface area (Å²) in [6.45, 7) is 7.21. The maximum atomic E-state index is 12.7. The summed E-state index contributed by atoms with van der Waals surface area (Å²) in [5, 5.41) is 12.5. The van der Waals surface area contributed by atoms with Crippen molar-refractivity contribution in [1.82, 2.24) is 5.32 Å². The highest BCUT2D eigenvalue weighted by Crippen LogP contribution is 2.33. The maximum Gasteiger partial charge on any atom is 0.339 e. The third kappa shape index (κ3) is 9.41. The lowest BCUT2D eigenvalue weighted by molar-refractivity contribution is -0.290. The van der Waals surface area contributed by atoms with Crippen molar-refractivity contribution in [3.63, 3.8) is 0 Å². The van der Waals surface area contributed by atoms with E-state index >= 15 is 0 Å². The zero-order chi connectivity index (χ0) is 31.2. The second-order valence-corrected chi connectivity index (χ2v) is 11.0. The molecule has 2 rings (SSSR count). The number of carbonyl (C=O) groups is 6. The van der Waals surface area contributed by atoms with Crippen LogP contribution in [0.3, 0.4) is 0 Å². The van der Waals surface area contributed by atoms with Crippen LogP contribution >= 0.6 is 34.8 Å². The summed E-state index contributed by atoms with van der Waals surface area (Å²) in [5.74, 6) is -5.75. The van der Waals surface area contributed by atoms with Gasteiger partial charge in [-0.1, -0.05) is 40.9 Å². The van der Waals surface area contributed by atoms with Crippen LogP contribution in [-0.2, 0) is 61.9 Å². The molecule has 230 valence electrons. The zero-order valence-electron chi connectivity index (χ0n) is 22.1. The Bertz CT molecular complexity index is 1050. The predicted octanol–water partition coefficient (Wildman–Crippen LogP) is -0.218. The van der Waals surface area contributed by atoms with E-state index in [2.05, 4.69) is 11.9 Å². The minimum Gasteiger partial charge on any atom is -0.463 e. The summed E-state index contributed by atoms with van der Waals surface area (Å²) in [5.41, 5.74) is 0. The van der Waals surface area contributed by atoms with Crippen molar-refractivity contribution >= 4 is 70.6 Å². The molecule has 0 aromatic heterocycles. The van der Waals surface area contributed by atoms with Crippen LogP contribution in [0.25, 0.3) is 0 Å². The van der Waals surface area contributed by atoms with Crippen molar-refractivity contribution in [3.05, 3.63) is 12.7 Å². The molecule has 0 bridgehead atoms. The summed E-state index contributed by atoms with van der Waals surface area (Å²) >= 11 is 17.1. The number of hydrogen-bond donors (Lipinski definition) is 2. The molecule has 9 atom stereocenters. The Balaban J connectivity index is 2.57. The van der Waals surface area contributed by atoms with Gasteiger partial charge in [0, 0.05) is 27.7 Å². The highest BCUT2D eigenvalue weighted by atomic mass is 35.6. The van der Waals surface area contributed by atoms with E-state index in [9.17, 15) is 33.9 Å². The molecule has 0 saturated carbocycles.